The van der Waals surface area contributed by atoms with Crippen LogP contribution in [0.1, 0.15) is 278 Å². The number of carbonyl (C=O) groups excluding carboxylic acids is 3. The van der Waals surface area contributed by atoms with Gasteiger partial charge < -0.3 is 39.0 Å². The average Bonchev–Trinajstić information content (AvgIpc) is 3.35. The van der Waals surface area contributed by atoms with Crippen LogP contribution in [0.5, 0.6) is 0 Å². The molecule has 71 heavy (non-hydrogen) atoms. The van der Waals surface area contributed by atoms with E-state index in [1.165, 1.54) is 128 Å². The lowest BCUT2D eigenvalue weighted by Gasteiger charge is -2.40. The van der Waals surface area contributed by atoms with Crippen LogP contribution in [0.25, 0.3) is 0 Å². The molecule has 12 heteroatoms. The van der Waals surface area contributed by atoms with Gasteiger partial charge in [0.25, 0.3) is 0 Å². The van der Waals surface area contributed by atoms with Gasteiger partial charge in [-0.2, -0.15) is 0 Å². The third kappa shape index (κ3) is 38.4. The van der Waals surface area contributed by atoms with Crippen LogP contribution in [0, 0.1) is 0 Å². The zero-order valence-electron chi connectivity index (χ0n) is 45.5. The molecular formula is C59H106O12. The maximum Gasteiger partial charge on any atom is 0.335 e. The minimum atomic E-state index is -1.90. The number of esters is 3. The maximum absolute atomic E-state index is 13.1. The molecule has 0 radical (unpaired) electrons. The van der Waals surface area contributed by atoms with Crippen LogP contribution in [0.3, 0.4) is 0 Å². The van der Waals surface area contributed by atoms with E-state index >= 15 is 0 Å². The molecule has 6 atom stereocenters. The van der Waals surface area contributed by atoms with Crippen molar-refractivity contribution in [2.75, 3.05) is 13.2 Å². The van der Waals surface area contributed by atoms with E-state index in [0.717, 1.165) is 89.9 Å². The molecule has 1 aliphatic rings. The van der Waals surface area contributed by atoms with Gasteiger partial charge >= 0.3 is 23.9 Å². The summed E-state index contributed by atoms with van der Waals surface area (Å²) in [6.45, 7) is 5.94. The second-order valence-corrected chi connectivity index (χ2v) is 20.3. The summed E-state index contributed by atoms with van der Waals surface area (Å²) in [4.78, 5) is 51.0. The minimum absolute atomic E-state index is 0.0487. The van der Waals surface area contributed by atoms with Gasteiger partial charge in [-0.25, -0.2) is 4.79 Å². The molecule has 0 spiro atoms. The van der Waals surface area contributed by atoms with E-state index in [-0.39, 0.29) is 25.9 Å². The Morgan fingerprint density at radius 3 is 1.32 bits per heavy atom. The highest BCUT2D eigenvalue weighted by molar-refractivity contribution is 5.74. The smallest absolute Gasteiger partial charge is 0.335 e. The minimum Gasteiger partial charge on any atom is -0.479 e. The van der Waals surface area contributed by atoms with Crippen molar-refractivity contribution in [3.05, 3.63) is 24.3 Å². The van der Waals surface area contributed by atoms with E-state index in [1.54, 1.807) is 0 Å². The first-order valence-electron chi connectivity index (χ1n) is 29.3. The van der Waals surface area contributed by atoms with Crippen molar-refractivity contribution in [1.82, 2.24) is 0 Å². The largest absolute Gasteiger partial charge is 0.479 e. The summed E-state index contributed by atoms with van der Waals surface area (Å²) in [6, 6.07) is 0. The Kier molecular flexibility index (Phi) is 44.9. The first-order chi connectivity index (χ1) is 34.6. The Morgan fingerprint density at radius 2 is 0.873 bits per heavy atom. The lowest BCUT2D eigenvalue weighted by molar-refractivity contribution is -0.301. The normalized spacial score (nSPS) is 18.6. The van der Waals surface area contributed by atoms with Gasteiger partial charge in [0, 0.05) is 19.3 Å². The number of carboxylic acid groups (broad SMARTS) is 1. The standard InChI is InChI=1S/C59H106O12/c1-4-7-10-13-16-19-22-25-26-29-30-33-36-39-42-45-51(60)67-48-50(69-52(61)46-43-40-37-34-31-27-23-20-17-14-11-8-5-2)49-68-59-57(55(64)54(63)56(71-59)58(65)66)70-53(62)47-44-41-38-35-32-28-24-21-18-15-12-9-6-3/h12,15,21,24,50,54-57,59,63-64H,4-11,13-14,16-20,22-23,25-49H2,1-3H3,(H,65,66)/b15-12-,24-21-. The quantitative estimate of drug-likeness (QED) is 0.0228. The van der Waals surface area contributed by atoms with Crippen molar-refractivity contribution >= 4 is 23.9 Å². The molecule has 1 saturated heterocycles. The van der Waals surface area contributed by atoms with Gasteiger partial charge in [-0.05, 0) is 44.9 Å². The molecule has 0 aliphatic carbocycles. The van der Waals surface area contributed by atoms with Gasteiger partial charge in [0.2, 0.25) is 0 Å². The molecule has 414 valence electrons. The van der Waals surface area contributed by atoms with Gasteiger partial charge in [-0.1, -0.05) is 238 Å². The molecule has 0 bridgehead atoms. The molecule has 1 rings (SSSR count). The van der Waals surface area contributed by atoms with Crippen molar-refractivity contribution in [1.29, 1.82) is 0 Å². The highest BCUT2D eigenvalue weighted by Gasteiger charge is 2.50. The molecule has 6 unspecified atom stereocenters. The Balaban J connectivity index is 2.69. The van der Waals surface area contributed by atoms with Crippen molar-refractivity contribution in [2.24, 2.45) is 0 Å². The number of aliphatic carboxylic acids is 1. The number of hydrogen-bond acceptors (Lipinski definition) is 11. The molecule has 1 aliphatic heterocycles. The highest BCUT2D eigenvalue weighted by atomic mass is 16.7. The molecule has 0 aromatic carbocycles. The van der Waals surface area contributed by atoms with E-state index in [9.17, 15) is 34.5 Å². The SMILES string of the molecule is CCC/C=C\C/C=C\CCCCCCCC(=O)OC1C(OCC(COC(=O)CCCCCCCCCCCCCCCCC)OC(=O)CCCCCCCCCCCCCCC)OC(C(=O)O)C(O)C1O. The average molecular weight is 1010 g/mol. The summed E-state index contributed by atoms with van der Waals surface area (Å²) < 4.78 is 28.4. The first-order valence-corrected chi connectivity index (χ1v) is 29.3. The van der Waals surface area contributed by atoms with Crippen molar-refractivity contribution in [2.45, 2.75) is 314 Å². The second kappa shape index (κ2) is 48.2. The Morgan fingerprint density at radius 1 is 0.465 bits per heavy atom. The topological polar surface area (TPSA) is 175 Å². The van der Waals surface area contributed by atoms with E-state index in [4.69, 9.17) is 23.7 Å². The van der Waals surface area contributed by atoms with Crippen LogP contribution < -0.4 is 0 Å². The van der Waals surface area contributed by atoms with E-state index in [2.05, 4.69) is 45.1 Å². The van der Waals surface area contributed by atoms with E-state index in [1.807, 2.05) is 0 Å². The van der Waals surface area contributed by atoms with Crippen LogP contribution in [0.15, 0.2) is 24.3 Å². The molecule has 0 amide bonds. The zero-order chi connectivity index (χ0) is 51.8. The molecule has 1 heterocycles. The molecular weight excluding hydrogens is 901 g/mol. The number of hydrogen-bond donors (Lipinski definition) is 3. The van der Waals surface area contributed by atoms with Crippen molar-refractivity contribution in [3.8, 4) is 0 Å². The second-order valence-electron chi connectivity index (χ2n) is 20.3. The molecule has 3 N–H and O–H groups in total. The predicted molar refractivity (Wildman–Crippen MR) is 285 cm³/mol. The van der Waals surface area contributed by atoms with Crippen molar-refractivity contribution < 1.29 is 58.2 Å². The van der Waals surface area contributed by atoms with Crippen LogP contribution in [-0.2, 0) is 42.9 Å². The summed E-state index contributed by atoms with van der Waals surface area (Å²) in [5, 5.41) is 31.4. The summed E-state index contributed by atoms with van der Waals surface area (Å²) in [6.07, 6.45) is 41.5. The van der Waals surface area contributed by atoms with Gasteiger partial charge in [0.1, 0.15) is 18.8 Å². The Bertz CT molecular complexity index is 1340. The number of aliphatic hydroxyl groups is 2. The third-order valence-electron chi connectivity index (χ3n) is 13.5. The lowest BCUT2D eigenvalue weighted by atomic mass is 9.98. The van der Waals surface area contributed by atoms with Crippen LogP contribution in [0.4, 0.5) is 0 Å². The predicted octanol–water partition coefficient (Wildman–Crippen LogP) is 14.7. The van der Waals surface area contributed by atoms with Crippen LogP contribution in [0.2, 0.25) is 0 Å². The Hall–Kier alpha value is -2.80. The van der Waals surface area contributed by atoms with E-state index in [0.29, 0.717) is 19.3 Å². The zero-order valence-corrected chi connectivity index (χ0v) is 45.5. The van der Waals surface area contributed by atoms with Gasteiger partial charge in [0.15, 0.2) is 24.6 Å². The number of carbonyl (C=O) groups is 4. The monoisotopic (exact) mass is 1010 g/mol. The fourth-order valence-electron chi connectivity index (χ4n) is 9.00. The first kappa shape index (κ1) is 66.2. The van der Waals surface area contributed by atoms with Crippen LogP contribution >= 0.6 is 0 Å². The van der Waals surface area contributed by atoms with Crippen molar-refractivity contribution in [3.63, 3.8) is 0 Å². The summed E-state index contributed by atoms with van der Waals surface area (Å²) in [5.74, 6) is -3.11. The highest BCUT2D eigenvalue weighted by Crippen LogP contribution is 2.26. The molecule has 1 fully saturated rings. The van der Waals surface area contributed by atoms with Crippen LogP contribution in [-0.4, -0.2) is 89.2 Å². The molecule has 0 saturated carbocycles. The number of aliphatic hydroxyl groups excluding tert-OH is 2. The maximum atomic E-state index is 13.1. The summed E-state index contributed by atoms with van der Waals surface area (Å²) in [7, 11) is 0. The molecule has 12 nitrogen and oxygen atoms in total. The molecule has 0 aromatic heterocycles. The summed E-state index contributed by atoms with van der Waals surface area (Å²) in [5.41, 5.74) is 0. The van der Waals surface area contributed by atoms with Gasteiger partial charge in [0.05, 0.1) is 6.61 Å². The number of carboxylic acids is 1. The number of rotatable bonds is 50. The fourth-order valence-corrected chi connectivity index (χ4v) is 9.00. The molecule has 0 aromatic rings. The number of unbranched alkanes of at least 4 members (excludes halogenated alkanes) is 32. The lowest BCUT2D eigenvalue weighted by Crippen LogP contribution is -2.61. The van der Waals surface area contributed by atoms with Gasteiger partial charge in [-0.3, -0.25) is 14.4 Å². The van der Waals surface area contributed by atoms with Gasteiger partial charge in [-0.15, -0.1) is 0 Å². The van der Waals surface area contributed by atoms with E-state index < -0.39 is 67.3 Å². The number of ether oxygens (including phenoxy) is 5. The number of allylic oxidation sites excluding steroid dienone is 4. The third-order valence-corrected chi connectivity index (χ3v) is 13.5. The summed E-state index contributed by atoms with van der Waals surface area (Å²) >= 11 is 0. The fraction of sp³-hybridized carbons (Fsp3) is 0.864. The Labute approximate surface area is 432 Å².